The van der Waals surface area contributed by atoms with E-state index in [0.29, 0.717) is 12.5 Å². The molecule has 0 aromatic carbocycles. The largest absolute Gasteiger partial charge is 0.468 e. The summed E-state index contributed by atoms with van der Waals surface area (Å²) in [5.74, 6) is 1.44. The number of likely N-dealkylation sites (tertiary alicyclic amines) is 1. The molecule has 2 aromatic heterocycles. The lowest BCUT2D eigenvalue weighted by Crippen LogP contribution is -2.40. The van der Waals surface area contributed by atoms with Crippen LogP contribution in [0.1, 0.15) is 65.3 Å². The van der Waals surface area contributed by atoms with Crippen LogP contribution in [0.4, 0.5) is 0 Å². The van der Waals surface area contributed by atoms with Crippen molar-refractivity contribution in [3.8, 4) is 0 Å². The second kappa shape index (κ2) is 8.82. The Morgan fingerprint density at radius 2 is 2.12 bits per heavy atom. The zero-order chi connectivity index (χ0) is 18.5. The number of hydrogen-bond donors (Lipinski definition) is 1. The molecule has 0 saturated carbocycles. The summed E-state index contributed by atoms with van der Waals surface area (Å²) in [5, 5.41) is 4.16. The number of amides is 1. The van der Waals surface area contributed by atoms with Crippen molar-refractivity contribution < 1.29 is 9.21 Å². The smallest absolute Gasteiger partial charge is 0.263 e. The summed E-state index contributed by atoms with van der Waals surface area (Å²) in [6, 6.07) is 4.02. The lowest BCUT2D eigenvalue weighted by Gasteiger charge is -2.33. The molecule has 6 heteroatoms. The van der Waals surface area contributed by atoms with Crippen LogP contribution in [0.15, 0.2) is 22.8 Å². The van der Waals surface area contributed by atoms with Gasteiger partial charge in [-0.2, -0.15) is 0 Å². The number of aromatic nitrogens is 1. The molecule has 0 radical (unpaired) electrons. The number of nitrogens with zero attached hydrogens (tertiary/aromatic N) is 2. The van der Waals surface area contributed by atoms with E-state index in [9.17, 15) is 4.79 Å². The Morgan fingerprint density at radius 1 is 1.35 bits per heavy atom. The summed E-state index contributed by atoms with van der Waals surface area (Å²) in [6.07, 6.45) is 6.32. The van der Waals surface area contributed by atoms with Crippen LogP contribution in [-0.2, 0) is 6.42 Å². The van der Waals surface area contributed by atoms with Gasteiger partial charge in [0.15, 0.2) is 0 Å². The zero-order valence-corrected chi connectivity index (χ0v) is 16.8. The summed E-state index contributed by atoms with van der Waals surface area (Å²) >= 11 is 1.52. The standard InChI is InChI=1S/C20H29N3O2S/c1-14(2)12-18-22-15(3)19(26-18)20(24)21-13-16(17-8-7-11-25-17)23-9-5-4-6-10-23/h7-8,11,14,16H,4-6,9-10,12-13H2,1-3H3,(H,21,24). The molecule has 2 aromatic rings. The van der Waals surface area contributed by atoms with Gasteiger partial charge in [0.2, 0.25) is 0 Å². The third-order valence-corrected chi connectivity index (χ3v) is 5.97. The molecule has 26 heavy (non-hydrogen) atoms. The van der Waals surface area contributed by atoms with Crippen molar-refractivity contribution in [2.45, 2.75) is 52.5 Å². The Bertz CT molecular complexity index is 703. The fourth-order valence-corrected chi connectivity index (χ4v) is 4.68. The first-order valence-corrected chi connectivity index (χ1v) is 10.4. The van der Waals surface area contributed by atoms with Crippen molar-refractivity contribution in [3.63, 3.8) is 0 Å². The highest BCUT2D eigenvalue weighted by Gasteiger charge is 2.26. The van der Waals surface area contributed by atoms with Gasteiger partial charge in [-0.3, -0.25) is 9.69 Å². The number of hydrogen-bond acceptors (Lipinski definition) is 5. The number of thiazole rings is 1. The van der Waals surface area contributed by atoms with Gasteiger partial charge in [-0.1, -0.05) is 20.3 Å². The average Bonchev–Trinajstić information content (AvgIpc) is 3.25. The summed E-state index contributed by atoms with van der Waals surface area (Å²) in [5.41, 5.74) is 0.829. The molecular weight excluding hydrogens is 346 g/mol. The lowest BCUT2D eigenvalue weighted by molar-refractivity contribution is 0.0917. The second-order valence-corrected chi connectivity index (χ2v) is 8.54. The zero-order valence-electron chi connectivity index (χ0n) is 16.0. The number of carbonyl (C=O) groups excluding carboxylic acids is 1. The molecule has 0 aliphatic carbocycles. The molecule has 0 bridgehead atoms. The number of rotatable bonds is 7. The number of piperidine rings is 1. The summed E-state index contributed by atoms with van der Waals surface area (Å²) in [6.45, 7) is 8.93. The fraction of sp³-hybridized carbons (Fsp3) is 0.600. The summed E-state index contributed by atoms with van der Waals surface area (Å²) in [4.78, 5) is 20.5. The Hall–Kier alpha value is -1.66. The van der Waals surface area contributed by atoms with E-state index in [-0.39, 0.29) is 11.9 Å². The molecule has 3 heterocycles. The first-order valence-electron chi connectivity index (χ1n) is 9.56. The van der Waals surface area contributed by atoms with Gasteiger partial charge >= 0.3 is 0 Å². The molecule has 1 fully saturated rings. The molecule has 1 unspecified atom stereocenters. The highest BCUT2D eigenvalue weighted by Crippen LogP contribution is 2.25. The Balaban J connectivity index is 1.66. The number of aryl methyl sites for hydroxylation is 1. The van der Waals surface area contributed by atoms with E-state index in [1.165, 1.54) is 30.6 Å². The van der Waals surface area contributed by atoms with E-state index in [2.05, 4.69) is 29.0 Å². The predicted octanol–water partition coefficient (Wildman–Crippen LogP) is 4.20. The minimum atomic E-state index is -0.0245. The molecule has 0 spiro atoms. The van der Waals surface area contributed by atoms with Gasteiger partial charge in [-0.05, 0) is 50.9 Å². The van der Waals surface area contributed by atoms with Gasteiger partial charge in [-0.25, -0.2) is 4.98 Å². The van der Waals surface area contributed by atoms with Gasteiger partial charge < -0.3 is 9.73 Å². The van der Waals surface area contributed by atoms with Gasteiger partial charge in [0.05, 0.1) is 23.0 Å². The van der Waals surface area contributed by atoms with E-state index >= 15 is 0 Å². The van der Waals surface area contributed by atoms with E-state index in [0.717, 1.165) is 40.8 Å². The van der Waals surface area contributed by atoms with Crippen LogP contribution < -0.4 is 5.32 Å². The first kappa shape index (κ1) is 19.1. The van der Waals surface area contributed by atoms with Crippen molar-refractivity contribution in [2.24, 2.45) is 5.92 Å². The van der Waals surface area contributed by atoms with Crippen molar-refractivity contribution in [3.05, 3.63) is 39.7 Å². The van der Waals surface area contributed by atoms with Crippen LogP contribution >= 0.6 is 11.3 Å². The van der Waals surface area contributed by atoms with Crippen LogP contribution in [0.3, 0.4) is 0 Å². The van der Waals surface area contributed by atoms with E-state index < -0.39 is 0 Å². The number of furan rings is 1. The molecule has 3 rings (SSSR count). The minimum absolute atomic E-state index is 0.0245. The molecule has 1 atom stereocenters. The topological polar surface area (TPSA) is 58.4 Å². The maximum Gasteiger partial charge on any atom is 0.263 e. The van der Waals surface area contributed by atoms with Gasteiger partial charge in [0.1, 0.15) is 10.6 Å². The van der Waals surface area contributed by atoms with Crippen molar-refractivity contribution >= 4 is 17.2 Å². The molecule has 1 saturated heterocycles. The normalized spacial score (nSPS) is 16.8. The van der Waals surface area contributed by atoms with Gasteiger partial charge in [0.25, 0.3) is 5.91 Å². The minimum Gasteiger partial charge on any atom is -0.468 e. The third-order valence-electron chi connectivity index (χ3n) is 4.79. The maximum atomic E-state index is 12.7. The molecule has 1 N–H and O–H groups in total. The molecule has 142 valence electrons. The van der Waals surface area contributed by atoms with E-state index in [1.807, 2.05) is 19.1 Å². The van der Waals surface area contributed by atoms with Crippen LogP contribution in [-0.4, -0.2) is 35.4 Å². The third kappa shape index (κ3) is 4.74. The predicted molar refractivity (Wildman–Crippen MR) is 105 cm³/mol. The van der Waals surface area contributed by atoms with Crippen molar-refractivity contribution in [1.82, 2.24) is 15.2 Å². The van der Waals surface area contributed by atoms with Crippen LogP contribution in [0.2, 0.25) is 0 Å². The van der Waals surface area contributed by atoms with E-state index in [1.54, 1.807) is 6.26 Å². The molecule has 1 aliphatic heterocycles. The maximum absolute atomic E-state index is 12.7. The highest BCUT2D eigenvalue weighted by atomic mass is 32.1. The summed E-state index contributed by atoms with van der Waals surface area (Å²) in [7, 11) is 0. The van der Waals surface area contributed by atoms with Crippen LogP contribution in [0, 0.1) is 12.8 Å². The fourth-order valence-electron chi connectivity index (χ4n) is 3.49. The van der Waals surface area contributed by atoms with Crippen molar-refractivity contribution in [2.75, 3.05) is 19.6 Å². The molecule has 5 nitrogen and oxygen atoms in total. The van der Waals surface area contributed by atoms with E-state index in [4.69, 9.17) is 4.42 Å². The quantitative estimate of drug-likeness (QED) is 0.788. The van der Waals surface area contributed by atoms with Crippen molar-refractivity contribution in [1.29, 1.82) is 0 Å². The average molecular weight is 376 g/mol. The second-order valence-electron chi connectivity index (χ2n) is 7.46. The Morgan fingerprint density at radius 3 is 2.77 bits per heavy atom. The molecular formula is C20H29N3O2S. The highest BCUT2D eigenvalue weighted by molar-refractivity contribution is 7.13. The van der Waals surface area contributed by atoms with Crippen LogP contribution in [0.25, 0.3) is 0 Å². The monoisotopic (exact) mass is 375 g/mol. The van der Waals surface area contributed by atoms with Gasteiger partial charge in [0, 0.05) is 13.0 Å². The van der Waals surface area contributed by atoms with Gasteiger partial charge in [-0.15, -0.1) is 11.3 Å². The number of carbonyl (C=O) groups is 1. The molecule has 1 aliphatic rings. The van der Waals surface area contributed by atoms with Crippen LogP contribution in [0.5, 0.6) is 0 Å². The Labute approximate surface area is 159 Å². The lowest BCUT2D eigenvalue weighted by atomic mass is 10.1. The Kier molecular flexibility index (Phi) is 6.48. The number of nitrogens with one attached hydrogen (secondary N) is 1. The SMILES string of the molecule is Cc1nc(CC(C)C)sc1C(=O)NCC(c1ccco1)N1CCCCC1. The molecule has 1 amide bonds. The first-order chi connectivity index (χ1) is 12.5. The summed E-state index contributed by atoms with van der Waals surface area (Å²) < 4.78 is 5.66.